The van der Waals surface area contributed by atoms with Crippen molar-refractivity contribution in [1.29, 1.82) is 0 Å². The molecule has 13 nitrogen and oxygen atoms in total. The molecule has 1 N–H and O–H groups in total. The average Bonchev–Trinajstić information content (AvgIpc) is 3.27. The van der Waals surface area contributed by atoms with Crippen LogP contribution in [0.3, 0.4) is 0 Å². The van der Waals surface area contributed by atoms with Crippen LogP contribution in [0.5, 0.6) is 0 Å². The Labute approximate surface area is 191 Å². The molecule has 0 spiro atoms. The van der Waals surface area contributed by atoms with Crippen molar-refractivity contribution in [2.24, 2.45) is 5.10 Å². The Morgan fingerprint density at radius 2 is 1.82 bits per heavy atom. The molecule has 13 heteroatoms. The van der Waals surface area contributed by atoms with Crippen LogP contribution in [0.25, 0.3) is 16.6 Å². The van der Waals surface area contributed by atoms with E-state index in [-0.39, 0.29) is 17.2 Å². The summed E-state index contributed by atoms with van der Waals surface area (Å²) >= 11 is 0. The highest BCUT2D eigenvalue weighted by atomic mass is 16.6. The number of non-ortho nitro benzene ring substituents is 1. The van der Waals surface area contributed by atoms with Crippen molar-refractivity contribution in [2.45, 2.75) is 13.8 Å². The second kappa shape index (κ2) is 8.82. The summed E-state index contributed by atoms with van der Waals surface area (Å²) in [6, 6.07) is 12.1. The van der Waals surface area contributed by atoms with Gasteiger partial charge in [-0.15, -0.1) is 5.10 Å². The summed E-state index contributed by atoms with van der Waals surface area (Å²) in [5.41, 5.74) is 2.49. The zero-order chi connectivity index (χ0) is 24.4. The van der Waals surface area contributed by atoms with Gasteiger partial charge in [0.15, 0.2) is 11.6 Å². The molecule has 0 aliphatic carbocycles. The molecule has 4 rings (SSSR count). The second-order valence-corrected chi connectivity index (χ2v) is 7.16. The first-order chi connectivity index (χ1) is 16.3. The van der Waals surface area contributed by atoms with Crippen LogP contribution in [0, 0.1) is 20.2 Å². The third-order valence-electron chi connectivity index (χ3n) is 4.93. The van der Waals surface area contributed by atoms with Crippen LogP contribution in [0.2, 0.25) is 0 Å². The van der Waals surface area contributed by atoms with E-state index in [2.05, 4.69) is 25.8 Å². The van der Waals surface area contributed by atoms with Gasteiger partial charge in [0.2, 0.25) is 0 Å². The van der Waals surface area contributed by atoms with Gasteiger partial charge in [-0.2, -0.15) is 15.3 Å². The molecule has 0 amide bonds. The lowest BCUT2D eigenvalue weighted by molar-refractivity contribution is -0.393. The molecule has 34 heavy (non-hydrogen) atoms. The molecule has 170 valence electrons. The standard InChI is InChI=1S/C21H16N8O5/c1-12(23-24-17-8-7-15(28(31)32)9-20(17)29(33)34)19-10-18(13(2)30)26-27(19)21-16-6-4-3-5-14(16)11-22-25-21/h3-11,24H,1-2H3. The van der Waals surface area contributed by atoms with Gasteiger partial charge in [-0.1, -0.05) is 24.3 Å². The number of aromatic nitrogens is 4. The highest BCUT2D eigenvalue weighted by Crippen LogP contribution is 2.29. The molecule has 4 aromatic rings. The minimum absolute atomic E-state index is 0.0437. The smallest absolute Gasteiger partial charge is 0.293 e. The Hall–Kier alpha value is -5.07. The largest absolute Gasteiger partial charge is 0.301 e. The zero-order valence-electron chi connectivity index (χ0n) is 17.9. The van der Waals surface area contributed by atoms with Gasteiger partial charge >= 0.3 is 5.69 Å². The molecule has 0 aliphatic heterocycles. The topological polar surface area (TPSA) is 171 Å². The molecule has 2 heterocycles. The summed E-state index contributed by atoms with van der Waals surface area (Å²) < 4.78 is 1.43. The van der Waals surface area contributed by atoms with E-state index in [0.717, 1.165) is 22.9 Å². The van der Waals surface area contributed by atoms with Crippen LogP contribution < -0.4 is 5.43 Å². The van der Waals surface area contributed by atoms with Gasteiger partial charge in [-0.3, -0.25) is 30.4 Å². The maximum atomic E-state index is 12.0. The number of nitrogens with one attached hydrogen (secondary N) is 1. The highest BCUT2D eigenvalue weighted by molar-refractivity contribution is 6.02. The van der Waals surface area contributed by atoms with Crippen molar-refractivity contribution in [2.75, 3.05) is 5.43 Å². The molecule has 0 saturated heterocycles. The van der Waals surface area contributed by atoms with Crippen LogP contribution in [0.15, 0.2) is 59.8 Å². The van der Waals surface area contributed by atoms with Crippen LogP contribution in [0.4, 0.5) is 17.1 Å². The maximum Gasteiger partial charge on any atom is 0.301 e. The number of rotatable bonds is 7. The number of nitrogens with zero attached hydrogens (tertiary/aromatic N) is 7. The van der Waals surface area contributed by atoms with E-state index < -0.39 is 21.2 Å². The van der Waals surface area contributed by atoms with Crippen molar-refractivity contribution in [3.8, 4) is 5.82 Å². The van der Waals surface area contributed by atoms with Crippen molar-refractivity contribution in [3.05, 3.63) is 86.3 Å². The molecule has 2 aromatic heterocycles. The number of carbonyl (C=O) groups excluding carboxylic acids is 1. The van der Waals surface area contributed by atoms with E-state index in [1.807, 2.05) is 24.3 Å². The Morgan fingerprint density at radius 3 is 2.53 bits per heavy atom. The lowest BCUT2D eigenvalue weighted by atomic mass is 10.2. The SMILES string of the molecule is CC(=O)c1cc(C(C)=NNc2ccc([N+](=O)[O-])cc2[N+](=O)[O-])n(-c2nncc3ccccc23)n1. The molecular formula is C21H16N8O5. The number of benzene rings is 2. The summed E-state index contributed by atoms with van der Waals surface area (Å²) in [7, 11) is 0. The van der Waals surface area contributed by atoms with E-state index in [1.165, 1.54) is 23.7 Å². The van der Waals surface area contributed by atoms with Crippen LogP contribution in [0.1, 0.15) is 30.0 Å². The first-order valence-corrected chi connectivity index (χ1v) is 9.81. The number of hydrazone groups is 1. The number of nitro benzene ring substituents is 2. The van der Waals surface area contributed by atoms with Crippen LogP contribution in [-0.2, 0) is 0 Å². The second-order valence-electron chi connectivity index (χ2n) is 7.16. The van der Waals surface area contributed by atoms with Gasteiger partial charge in [-0.05, 0) is 19.1 Å². The highest BCUT2D eigenvalue weighted by Gasteiger charge is 2.21. The zero-order valence-corrected chi connectivity index (χ0v) is 17.9. The van der Waals surface area contributed by atoms with E-state index in [9.17, 15) is 25.0 Å². The molecule has 0 atom stereocenters. The number of ketones is 1. The van der Waals surface area contributed by atoms with Crippen LogP contribution >= 0.6 is 0 Å². The molecule has 0 saturated carbocycles. The monoisotopic (exact) mass is 460 g/mol. The van der Waals surface area contributed by atoms with Crippen molar-refractivity contribution in [3.63, 3.8) is 0 Å². The quantitative estimate of drug-likeness (QED) is 0.187. The fourth-order valence-electron chi connectivity index (χ4n) is 3.22. The predicted octanol–water partition coefficient (Wildman–Crippen LogP) is 3.67. The summed E-state index contributed by atoms with van der Waals surface area (Å²) in [4.78, 5) is 32.9. The average molecular weight is 460 g/mol. The van der Waals surface area contributed by atoms with Crippen molar-refractivity contribution < 1.29 is 14.6 Å². The van der Waals surface area contributed by atoms with Crippen molar-refractivity contribution >= 4 is 39.3 Å². The van der Waals surface area contributed by atoms with Gasteiger partial charge < -0.3 is 0 Å². The minimum Gasteiger partial charge on any atom is -0.293 e. The fourth-order valence-corrected chi connectivity index (χ4v) is 3.22. The number of nitro groups is 2. The number of hydrogen-bond donors (Lipinski definition) is 1. The Kier molecular flexibility index (Phi) is 5.74. The van der Waals surface area contributed by atoms with E-state index in [4.69, 9.17) is 0 Å². The fraction of sp³-hybridized carbons (Fsp3) is 0.0952. The number of hydrogen-bond acceptors (Lipinski definition) is 10. The minimum atomic E-state index is -0.746. The van der Waals surface area contributed by atoms with Crippen molar-refractivity contribution in [1.82, 2.24) is 20.0 Å². The summed E-state index contributed by atoms with van der Waals surface area (Å²) in [6.45, 7) is 2.98. The van der Waals surface area contributed by atoms with E-state index in [0.29, 0.717) is 17.2 Å². The number of fused-ring (bicyclic) bond motifs is 1. The molecule has 0 unspecified atom stereocenters. The first kappa shape index (κ1) is 22.1. The lowest BCUT2D eigenvalue weighted by Gasteiger charge is -2.09. The van der Waals surface area contributed by atoms with E-state index in [1.54, 1.807) is 13.1 Å². The molecule has 0 radical (unpaired) electrons. The van der Waals surface area contributed by atoms with Gasteiger partial charge in [-0.25, -0.2) is 4.68 Å². The normalized spacial score (nSPS) is 11.4. The number of Topliss-reactive ketones (excluding diaryl/α,β-unsaturated/α-hetero) is 1. The van der Waals surface area contributed by atoms with Gasteiger partial charge in [0, 0.05) is 23.8 Å². The summed E-state index contributed by atoms with van der Waals surface area (Å²) in [6.07, 6.45) is 1.60. The van der Waals surface area contributed by atoms with Gasteiger partial charge in [0.25, 0.3) is 5.69 Å². The Morgan fingerprint density at radius 1 is 1.06 bits per heavy atom. The molecular weight excluding hydrogens is 444 g/mol. The predicted molar refractivity (Wildman–Crippen MR) is 122 cm³/mol. The van der Waals surface area contributed by atoms with Gasteiger partial charge in [0.1, 0.15) is 11.4 Å². The maximum absolute atomic E-state index is 12.0. The summed E-state index contributed by atoms with van der Waals surface area (Å²) in [5, 5.41) is 40.6. The Balaban J connectivity index is 1.79. The number of carbonyl (C=O) groups is 1. The van der Waals surface area contributed by atoms with Gasteiger partial charge in [0.05, 0.1) is 33.5 Å². The molecule has 2 aromatic carbocycles. The molecule has 0 aliphatic rings. The van der Waals surface area contributed by atoms with Crippen LogP contribution in [-0.4, -0.2) is 41.3 Å². The van der Waals surface area contributed by atoms with E-state index >= 15 is 0 Å². The third-order valence-corrected chi connectivity index (χ3v) is 4.93. The Bertz CT molecular complexity index is 1490. The first-order valence-electron chi connectivity index (χ1n) is 9.81. The lowest BCUT2D eigenvalue weighted by Crippen LogP contribution is -2.11. The molecule has 0 fully saturated rings. The summed E-state index contributed by atoms with van der Waals surface area (Å²) in [5.74, 6) is 0.0939. The number of anilines is 1. The molecule has 0 bridgehead atoms. The third kappa shape index (κ3) is 4.17.